The van der Waals surface area contributed by atoms with E-state index in [4.69, 9.17) is 0 Å². The van der Waals surface area contributed by atoms with Gasteiger partial charge in [-0.15, -0.1) is 0 Å². The molecule has 0 bridgehead atoms. The van der Waals surface area contributed by atoms with Crippen molar-refractivity contribution in [1.82, 2.24) is 5.32 Å². The first-order valence-electron chi connectivity index (χ1n) is 5.96. The molecule has 2 aromatic carbocycles. The van der Waals surface area contributed by atoms with Gasteiger partial charge in [0.15, 0.2) is 0 Å². The Morgan fingerprint density at radius 2 is 1.68 bits per heavy atom. The van der Waals surface area contributed by atoms with E-state index >= 15 is 0 Å². The van der Waals surface area contributed by atoms with Crippen LogP contribution in [0.5, 0.6) is 5.75 Å². The number of carbonyl (C=O) groups excluding carboxylic acids is 1. The number of aliphatic hydroxyl groups is 1. The second kappa shape index (κ2) is 6.02. The summed E-state index contributed by atoms with van der Waals surface area (Å²) in [6.07, 6.45) is 0. The number of carbonyl (C=O) groups is 1. The van der Waals surface area contributed by atoms with Crippen LogP contribution in [0, 0.1) is 0 Å². The average Bonchev–Trinajstić information content (AvgIpc) is 2.46. The van der Waals surface area contributed by atoms with Gasteiger partial charge in [0.1, 0.15) is 5.75 Å². The molecule has 98 valence electrons. The second-order valence-corrected chi connectivity index (χ2v) is 4.17. The summed E-state index contributed by atoms with van der Waals surface area (Å²) in [6, 6.07) is 14.8. The Labute approximate surface area is 111 Å². The lowest BCUT2D eigenvalue weighted by molar-refractivity contribution is 0.0916. The van der Waals surface area contributed by atoms with Gasteiger partial charge in [0.25, 0.3) is 5.91 Å². The van der Waals surface area contributed by atoms with E-state index in [0.717, 1.165) is 5.56 Å². The molecule has 4 nitrogen and oxygen atoms in total. The van der Waals surface area contributed by atoms with Crippen LogP contribution < -0.4 is 5.32 Å². The number of nitrogens with one attached hydrogen (secondary N) is 1. The first-order chi connectivity index (χ1) is 9.20. The third-order valence-electron chi connectivity index (χ3n) is 2.82. The Morgan fingerprint density at radius 1 is 1.05 bits per heavy atom. The first kappa shape index (κ1) is 13.1. The summed E-state index contributed by atoms with van der Waals surface area (Å²) in [5, 5.41) is 21.3. The van der Waals surface area contributed by atoms with Crippen molar-refractivity contribution in [2.24, 2.45) is 0 Å². The molecular formula is C15H15NO3. The molecule has 0 aliphatic carbocycles. The third-order valence-corrected chi connectivity index (χ3v) is 2.82. The predicted octanol–water partition coefficient (Wildman–Crippen LogP) is 1.86. The maximum Gasteiger partial charge on any atom is 0.251 e. The number of hydrogen-bond donors (Lipinski definition) is 3. The molecular weight excluding hydrogens is 242 g/mol. The first-order valence-corrected chi connectivity index (χ1v) is 5.96. The van der Waals surface area contributed by atoms with Gasteiger partial charge < -0.3 is 15.5 Å². The molecule has 0 aliphatic heterocycles. The summed E-state index contributed by atoms with van der Waals surface area (Å²) >= 11 is 0. The normalized spacial score (nSPS) is 11.8. The molecule has 0 saturated heterocycles. The number of phenols is 1. The van der Waals surface area contributed by atoms with Gasteiger partial charge in [0.2, 0.25) is 0 Å². The van der Waals surface area contributed by atoms with Gasteiger partial charge in [-0.3, -0.25) is 4.79 Å². The number of benzene rings is 2. The second-order valence-electron chi connectivity index (χ2n) is 4.17. The lowest BCUT2D eigenvalue weighted by Gasteiger charge is -2.16. The number of aliphatic hydroxyl groups excluding tert-OH is 1. The van der Waals surface area contributed by atoms with E-state index in [0.29, 0.717) is 5.56 Å². The molecule has 0 fully saturated rings. The Bertz CT molecular complexity index is 537. The Morgan fingerprint density at radius 3 is 2.26 bits per heavy atom. The molecule has 2 rings (SSSR count). The Balaban J connectivity index is 2.10. The maximum absolute atomic E-state index is 12.0. The van der Waals surface area contributed by atoms with E-state index in [1.807, 2.05) is 30.3 Å². The fourth-order valence-corrected chi connectivity index (χ4v) is 1.77. The van der Waals surface area contributed by atoms with Gasteiger partial charge in [-0.1, -0.05) is 30.3 Å². The number of phenolic OH excluding ortho intramolecular Hbond substituents is 1. The van der Waals surface area contributed by atoms with Crippen molar-refractivity contribution in [1.29, 1.82) is 0 Å². The summed E-state index contributed by atoms with van der Waals surface area (Å²) in [5.74, 6) is -0.179. The highest BCUT2D eigenvalue weighted by Gasteiger charge is 2.14. The number of hydrogen-bond acceptors (Lipinski definition) is 3. The molecule has 1 amide bonds. The molecule has 0 aromatic heterocycles. The molecule has 0 radical (unpaired) electrons. The smallest absolute Gasteiger partial charge is 0.251 e. The minimum Gasteiger partial charge on any atom is -0.508 e. The summed E-state index contributed by atoms with van der Waals surface area (Å²) in [6.45, 7) is -0.173. The van der Waals surface area contributed by atoms with Crippen LogP contribution in [0.1, 0.15) is 22.0 Å². The highest BCUT2D eigenvalue weighted by molar-refractivity contribution is 5.94. The van der Waals surface area contributed by atoms with Crippen LogP contribution in [0.3, 0.4) is 0 Å². The SMILES string of the molecule is O=C(NC(CO)c1ccccc1)c1ccc(O)cc1. The molecule has 2 aromatic rings. The molecule has 4 heteroatoms. The van der Waals surface area contributed by atoms with E-state index in [1.165, 1.54) is 24.3 Å². The molecule has 3 N–H and O–H groups in total. The van der Waals surface area contributed by atoms with Crippen LogP contribution in [-0.4, -0.2) is 22.7 Å². The predicted molar refractivity (Wildman–Crippen MR) is 71.8 cm³/mol. The summed E-state index contributed by atoms with van der Waals surface area (Å²) < 4.78 is 0. The van der Waals surface area contributed by atoms with Crippen molar-refractivity contribution in [3.63, 3.8) is 0 Å². The van der Waals surface area contributed by atoms with Gasteiger partial charge in [0, 0.05) is 5.56 Å². The average molecular weight is 257 g/mol. The monoisotopic (exact) mass is 257 g/mol. The number of aromatic hydroxyl groups is 1. The molecule has 1 unspecified atom stereocenters. The third kappa shape index (κ3) is 3.33. The molecule has 0 aliphatic rings. The largest absolute Gasteiger partial charge is 0.508 e. The Kier molecular flexibility index (Phi) is 4.15. The lowest BCUT2D eigenvalue weighted by Crippen LogP contribution is -2.30. The summed E-state index contributed by atoms with van der Waals surface area (Å²) in [5.41, 5.74) is 1.28. The summed E-state index contributed by atoms with van der Waals surface area (Å²) in [4.78, 5) is 12.0. The zero-order valence-electron chi connectivity index (χ0n) is 10.3. The minimum absolute atomic E-state index is 0.110. The Hall–Kier alpha value is -2.33. The fourth-order valence-electron chi connectivity index (χ4n) is 1.77. The topological polar surface area (TPSA) is 69.6 Å². The van der Waals surface area contributed by atoms with E-state index < -0.39 is 6.04 Å². The molecule has 1 atom stereocenters. The van der Waals surface area contributed by atoms with E-state index in [-0.39, 0.29) is 18.3 Å². The summed E-state index contributed by atoms with van der Waals surface area (Å²) in [7, 11) is 0. The fraction of sp³-hybridized carbons (Fsp3) is 0.133. The van der Waals surface area contributed by atoms with Crippen LogP contribution in [0.15, 0.2) is 54.6 Å². The van der Waals surface area contributed by atoms with Crippen molar-refractivity contribution in [2.75, 3.05) is 6.61 Å². The number of rotatable bonds is 4. The van der Waals surface area contributed by atoms with Crippen molar-refractivity contribution >= 4 is 5.91 Å². The van der Waals surface area contributed by atoms with Gasteiger partial charge in [0.05, 0.1) is 12.6 Å². The van der Waals surface area contributed by atoms with E-state index in [2.05, 4.69) is 5.32 Å². The standard InChI is InChI=1S/C15H15NO3/c17-10-14(11-4-2-1-3-5-11)16-15(19)12-6-8-13(18)9-7-12/h1-9,14,17-18H,10H2,(H,16,19). The van der Waals surface area contributed by atoms with Gasteiger partial charge in [-0.25, -0.2) is 0 Å². The lowest BCUT2D eigenvalue weighted by atomic mass is 10.1. The van der Waals surface area contributed by atoms with Crippen LogP contribution >= 0.6 is 0 Å². The van der Waals surface area contributed by atoms with Gasteiger partial charge >= 0.3 is 0 Å². The van der Waals surface area contributed by atoms with E-state index in [1.54, 1.807) is 0 Å². The van der Waals surface area contributed by atoms with Crippen molar-refractivity contribution in [2.45, 2.75) is 6.04 Å². The van der Waals surface area contributed by atoms with Crippen LogP contribution in [0.4, 0.5) is 0 Å². The number of amides is 1. The van der Waals surface area contributed by atoms with Crippen molar-refractivity contribution in [3.05, 3.63) is 65.7 Å². The van der Waals surface area contributed by atoms with Gasteiger partial charge in [-0.2, -0.15) is 0 Å². The molecule has 0 saturated carbocycles. The van der Waals surface area contributed by atoms with Crippen molar-refractivity contribution in [3.8, 4) is 5.75 Å². The highest BCUT2D eigenvalue weighted by atomic mass is 16.3. The molecule has 0 spiro atoms. The zero-order valence-corrected chi connectivity index (χ0v) is 10.3. The maximum atomic E-state index is 12.0. The molecule has 0 heterocycles. The minimum atomic E-state index is -0.442. The van der Waals surface area contributed by atoms with Crippen molar-refractivity contribution < 1.29 is 15.0 Å². The molecule has 19 heavy (non-hydrogen) atoms. The van der Waals surface area contributed by atoms with E-state index in [9.17, 15) is 15.0 Å². The van der Waals surface area contributed by atoms with Crippen LogP contribution in [0.2, 0.25) is 0 Å². The highest BCUT2D eigenvalue weighted by Crippen LogP contribution is 2.14. The van der Waals surface area contributed by atoms with Crippen LogP contribution in [-0.2, 0) is 0 Å². The zero-order chi connectivity index (χ0) is 13.7. The van der Waals surface area contributed by atoms with Gasteiger partial charge in [-0.05, 0) is 29.8 Å². The van der Waals surface area contributed by atoms with Crippen LogP contribution in [0.25, 0.3) is 0 Å². The quantitative estimate of drug-likeness (QED) is 0.783.